The second kappa shape index (κ2) is 8.77. The summed E-state index contributed by atoms with van der Waals surface area (Å²) in [7, 11) is 0. The molecule has 0 spiro atoms. The van der Waals surface area contributed by atoms with Crippen molar-refractivity contribution in [2.24, 2.45) is 5.92 Å². The molecular weight excluding hydrogens is 189 g/mol. The maximum atomic E-state index is 10.4. The fraction of sp³-hybridized carbons (Fsp3) is 0.571. The third-order valence-electron chi connectivity index (χ3n) is 0.890. The summed E-state index contributed by atoms with van der Waals surface area (Å²) in [6.45, 7) is 7.22. The van der Waals surface area contributed by atoms with Gasteiger partial charge < -0.3 is 19.1 Å². The molecule has 0 N–H and O–H groups in total. The van der Waals surface area contributed by atoms with E-state index < -0.39 is 0 Å². The molecule has 0 saturated carbocycles. The van der Waals surface area contributed by atoms with Crippen molar-refractivity contribution >= 4 is 5.78 Å². The van der Waals surface area contributed by atoms with E-state index in [0.29, 0.717) is 6.42 Å². The van der Waals surface area contributed by atoms with Crippen molar-refractivity contribution in [3.8, 4) is 0 Å². The Morgan fingerprint density at radius 2 is 1.89 bits per heavy atom. The van der Waals surface area contributed by atoms with E-state index in [1.165, 1.54) is 0 Å². The molecular formula is C7H14OY-2. The van der Waals surface area contributed by atoms with Crippen LogP contribution >= 0.6 is 0 Å². The van der Waals surface area contributed by atoms with E-state index in [9.17, 15) is 4.79 Å². The third-order valence-corrected chi connectivity index (χ3v) is 0.890. The molecule has 0 aromatic carbocycles. The first-order chi connectivity index (χ1) is 3.18. The Labute approximate surface area is 83.5 Å². The van der Waals surface area contributed by atoms with Gasteiger partial charge >= 0.3 is 0 Å². The molecule has 0 aliphatic carbocycles. The van der Waals surface area contributed by atoms with Gasteiger partial charge in [-0.3, -0.25) is 0 Å². The Kier molecular flexibility index (Phi) is 16.0. The summed E-state index contributed by atoms with van der Waals surface area (Å²) in [5.41, 5.74) is 0. The van der Waals surface area contributed by atoms with Gasteiger partial charge in [0.05, 0.1) is 0 Å². The summed E-state index contributed by atoms with van der Waals surface area (Å²) < 4.78 is 0. The van der Waals surface area contributed by atoms with E-state index >= 15 is 0 Å². The predicted molar refractivity (Wildman–Crippen MR) is 36.2 cm³/mol. The fourth-order valence-electron chi connectivity index (χ4n) is 0.289. The summed E-state index contributed by atoms with van der Waals surface area (Å²) in [6.07, 6.45) is 0.428. The minimum atomic E-state index is 0. The molecule has 2 heteroatoms. The maximum Gasteiger partial charge on any atom is 0.105 e. The van der Waals surface area contributed by atoms with Crippen LogP contribution in [-0.4, -0.2) is 5.78 Å². The van der Waals surface area contributed by atoms with E-state index in [-0.39, 0.29) is 51.8 Å². The number of Topliss-reactive ketones (excluding diaryl/α,β-unsaturated/α-hetero) is 1. The summed E-state index contributed by atoms with van der Waals surface area (Å²) in [6, 6.07) is 0. The van der Waals surface area contributed by atoms with E-state index in [1.807, 2.05) is 13.8 Å². The number of carbonyl (C=O) groups is 1. The van der Waals surface area contributed by atoms with E-state index in [0.717, 1.165) is 0 Å². The molecule has 0 atom stereocenters. The van der Waals surface area contributed by atoms with Gasteiger partial charge in [0.2, 0.25) is 0 Å². The topological polar surface area (TPSA) is 17.1 Å². The quantitative estimate of drug-likeness (QED) is 0.626. The molecule has 53 valence electrons. The minimum absolute atomic E-state index is 0. The van der Waals surface area contributed by atoms with Gasteiger partial charge in [0.1, 0.15) is 5.78 Å². The second-order valence-electron chi connectivity index (χ2n) is 1.87. The van der Waals surface area contributed by atoms with Crippen LogP contribution in [0, 0.1) is 20.3 Å². The zero-order chi connectivity index (χ0) is 5.86. The molecule has 0 heterocycles. The van der Waals surface area contributed by atoms with Gasteiger partial charge in [-0.25, -0.2) is 0 Å². The number of ketones is 1. The van der Waals surface area contributed by atoms with E-state index in [2.05, 4.69) is 6.92 Å². The zero-order valence-corrected chi connectivity index (χ0v) is 9.32. The molecule has 9 heavy (non-hydrogen) atoms. The number of hydrogen-bond donors (Lipinski definition) is 0. The molecule has 0 aliphatic rings. The first-order valence-corrected chi connectivity index (χ1v) is 2.50. The Morgan fingerprint density at radius 1 is 1.56 bits per heavy atom. The summed E-state index contributed by atoms with van der Waals surface area (Å²) in [5, 5.41) is 0. The van der Waals surface area contributed by atoms with Crippen molar-refractivity contribution in [3.05, 3.63) is 14.4 Å². The second-order valence-corrected chi connectivity index (χ2v) is 1.87. The largest absolute Gasteiger partial charge is 0.358 e. The Balaban J connectivity index is -0.000000180. The Bertz CT molecular complexity index is 69.3. The first kappa shape index (κ1) is 16.4. The number of rotatable bonds is 2. The van der Waals surface area contributed by atoms with Gasteiger partial charge in [-0.1, -0.05) is 13.8 Å². The summed E-state index contributed by atoms with van der Waals surface area (Å²) >= 11 is 0. The van der Waals surface area contributed by atoms with E-state index in [1.54, 1.807) is 0 Å². The fourth-order valence-corrected chi connectivity index (χ4v) is 0.289. The monoisotopic (exact) mass is 203 g/mol. The summed E-state index contributed by atoms with van der Waals surface area (Å²) in [5.74, 6) is 0.400. The molecule has 0 saturated heterocycles. The normalized spacial score (nSPS) is 7.56. The van der Waals surface area contributed by atoms with Crippen molar-refractivity contribution < 1.29 is 37.5 Å². The predicted octanol–water partition coefficient (Wildman–Crippen LogP) is 1.88. The maximum absolute atomic E-state index is 10.4. The zero-order valence-electron chi connectivity index (χ0n) is 6.48. The molecule has 0 aromatic heterocycles. The van der Waals surface area contributed by atoms with Crippen molar-refractivity contribution in [3.63, 3.8) is 0 Å². The van der Waals surface area contributed by atoms with Gasteiger partial charge in [-0.2, -0.15) is 0 Å². The van der Waals surface area contributed by atoms with Crippen LogP contribution in [0.15, 0.2) is 0 Å². The SMILES string of the molecule is [CH2-]CC(=O)C(C)C.[CH3-].[Y]. The van der Waals surface area contributed by atoms with Crippen LogP contribution in [0.5, 0.6) is 0 Å². The number of hydrogen-bond acceptors (Lipinski definition) is 1. The average Bonchev–Trinajstić information content (AvgIpc) is 1.65. The van der Waals surface area contributed by atoms with Gasteiger partial charge in [0, 0.05) is 38.6 Å². The van der Waals surface area contributed by atoms with Crippen molar-refractivity contribution in [1.82, 2.24) is 0 Å². The average molecular weight is 203 g/mol. The molecule has 1 radical (unpaired) electrons. The third kappa shape index (κ3) is 8.77. The Morgan fingerprint density at radius 3 is 1.89 bits per heavy atom. The number of carbonyl (C=O) groups excluding carboxylic acids is 1. The van der Waals surface area contributed by atoms with Crippen LogP contribution in [0.3, 0.4) is 0 Å². The molecule has 1 nitrogen and oxygen atoms in total. The van der Waals surface area contributed by atoms with Crippen molar-refractivity contribution in [2.75, 3.05) is 0 Å². The van der Waals surface area contributed by atoms with Gasteiger partial charge in [-0.05, 0) is 0 Å². The molecule has 0 bridgehead atoms. The van der Waals surface area contributed by atoms with Crippen LogP contribution in [0.25, 0.3) is 0 Å². The molecule has 0 aromatic rings. The smallest absolute Gasteiger partial charge is 0.105 e. The van der Waals surface area contributed by atoms with Crippen LogP contribution in [0.1, 0.15) is 20.3 Å². The van der Waals surface area contributed by atoms with Crippen molar-refractivity contribution in [1.29, 1.82) is 0 Å². The van der Waals surface area contributed by atoms with Crippen LogP contribution in [0.2, 0.25) is 0 Å². The molecule has 0 rings (SSSR count). The van der Waals surface area contributed by atoms with Crippen LogP contribution in [-0.2, 0) is 37.5 Å². The van der Waals surface area contributed by atoms with Gasteiger partial charge in [-0.15, -0.1) is 6.42 Å². The van der Waals surface area contributed by atoms with Crippen molar-refractivity contribution in [2.45, 2.75) is 20.3 Å². The van der Waals surface area contributed by atoms with Crippen LogP contribution < -0.4 is 0 Å². The standard InChI is InChI=1S/C6H11O.CH3.Y/c1-4-6(7)5(2)3;;/h5H,1,4H2,2-3H3;1H3;/q2*-1;. The van der Waals surface area contributed by atoms with Gasteiger partial charge in [0.25, 0.3) is 0 Å². The molecule has 0 amide bonds. The summed E-state index contributed by atoms with van der Waals surface area (Å²) in [4.78, 5) is 10.4. The molecule has 0 fully saturated rings. The minimum Gasteiger partial charge on any atom is -0.358 e. The van der Waals surface area contributed by atoms with Gasteiger partial charge in [0.15, 0.2) is 0 Å². The molecule has 0 unspecified atom stereocenters. The van der Waals surface area contributed by atoms with Crippen LogP contribution in [0.4, 0.5) is 0 Å². The Hall–Kier alpha value is 0.774. The molecule has 0 aliphatic heterocycles. The first-order valence-electron chi connectivity index (χ1n) is 2.50. The van der Waals surface area contributed by atoms with E-state index in [4.69, 9.17) is 0 Å².